The number of aromatic nitrogens is 1. The molecule has 0 bridgehead atoms. The average Bonchev–Trinajstić information content (AvgIpc) is 2.90. The summed E-state index contributed by atoms with van der Waals surface area (Å²) in [6, 6.07) is 7.51. The van der Waals surface area contributed by atoms with Crippen LogP contribution in [0.15, 0.2) is 28.6 Å². The summed E-state index contributed by atoms with van der Waals surface area (Å²) in [6.07, 6.45) is 3.63. The molecule has 6 heteroatoms. The first-order valence-corrected chi connectivity index (χ1v) is 10.9. The molecule has 24 heavy (non-hydrogen) atoms. The summed E-state index contributed by atoms with van der Waals surface area (Å²) < 4.78 is 32.7. The van der Waals surface area contributed by atoms with E-state index in [4.69, 9.17) is 4.74 Å². The van der Waals surface area contributed by atoms with E-state index in [1.54, 1.807) is 0 Å². The summed E-state index contributed by atoms with van der Waals surface area (Å²) in [5.41, 5.74) is 0.375. The molecule has 0 unspecified atom stereocenters. The molecule has 0 saturated carbocycles. The van der Waals surface area contributed by atoms with Crippen LogP contribution < -0.4 is 0 Å². The van der Waals surface area contributed by atoms with Crippen molar-refractivity contribution in [2.75, 3.05) is 5.75 Å². The van der Waals surface area contributed by atoms with Gasteiger partial charge in [-0.3, -0.25) is 0 Å². The van der Waals surface area contributed by atoms with Crippen molar-refractivity contribution in [3.8, 4) is 0 Å². The summed E-state index contributed by atoms with van der Waals surface area (Å²) in [5.74, 6) is -0.00614. The molecule has 1 heterocycles. The number of ether oxygens (including phenoxy) is 1. The number of benzene rings is 1. The van der Waals surface area contributed by atoms with Gasteiger partial charge in [0.05, 0.1) is 27.7 Å². The van der Waals surface area contributed by atoms with Gasteiger partial charge < -0.3 is 4.74 Å². The monoisotopic (exact) mass is 369 g/mol. The van der Waals surface area contributed by atoms with E-state index in [1.807, 2.05) is 45.0 Å². The van der Waals surface area contributed by atoms with Crippen molar-refractivity contribution >= 4 is 31.4 Å². The van der Waals surface area contributed by atoms with Crippen LogP contribution in [-0.2, 0) is 14.6 Å². The molecular weight excluding hydrogens is 342 g/mol. The second kappa shape index (κ2) is 7.93. The van der Waals surface area contributed by atoms with Crippen molar-refractivity contribution in [2.24, 2.45) is 0 Å². The van der Waals surface area contributed by atoms with E-state index in [-0.39, 0.29) is 21.8 Å². The zero-order valence-electron chi connectivity index (χ0n) is 14.9. The first-order valence-electron chi connectivity index (χ1n) is 8.47. The van der Waals surface area contributed by atoms with Crippen LogP contribution in [0.4, 0.5) is 0 Å². The Morgan fingerprint density at radius 3 is 2.54 bits per heavy atom. The van der Waals surface area contributed by atoms with Gasteiger partial charge in [0.15, 0.2) is 0 Å². The highest BCUT2D eigenvalue weighted by molar-refractivity contribution is 7.93. The Balaban J connectivity index is 2.18. The molecule has 0 saturated heterocycles. The predicted molar refractivity (Wildman–Crippen MR) is 100 cm³/mol. The molecule has 0 aliphatic rings. The van der Waals surface area contributed by atoms with Gasteiger partial charge >= 0.3 is 0 Å². The SMILES string of the molecule is CCCCC[C@@H](CS(=O)(=O)c1nc2ccccc2s1)OC(C)(C)C. The lowest BCUT2D eigenvalue weighted by Crippen LogP contribution is -2.32. The molecular formula is C18H27NO3S2. The van der Waals surface area contributed by atoms with Crippen LogP contribution in [0.25, 0.3) is 10.2 Å². The minimum atomic E-state index is -3.45. The average molecular weight is 370 g/mol. The maximum atomic E-state index is 12.8. The van der Waals surface area contributed by atoms with Crippen LogP contribution in [0.5, 0.6) is 0 Å². The normalized spacial score (nSPS) is 14.2. The Hall–Kier alpha value is -0.980. The molecule has 0 fully saturated rings. The summed E-state index contributed by atoms with van der Waals surface area (Å²) in [7, 11) is -3.45. The van der Waals surface area contributed by atoms with Crippen LogP contribution in [0.2, 0.25) is 0 Å². The third-order valence-electron chi connectivity index (χ3n) is 3.60. The van der Waals surface area contributed by atoms with Crippen LogP contribution in [0.3, 0.4) is 0 Å². The zero-order chi connectivity index (χ0) is 17.8. The Morgan fingerprint density at radius 1 is 1.21 bits per heavy atom. The van der Waals surface area contributed by atoms with E-state index in [9.17, 15) is 8.42 Å². The molecule has 2 rings (SSSR count). The van der Waals surface area contributed by atoms with Crippen molar-refractivity contribution in [2.45, 2.75) is 69.4 Å². The summed E-state index contributed by atoms with van der Waals surface area (Å²) in [6.45, 7) is 8.02. The standard InChI is InChI=1S/C18H27NO3S2/c1-5-6-7-10-14(22-18(2,3)4)13-24(20,21)17-19-15-11-8-9-12-16(15)23-17/h8-9,11-12,14H,5-7,10,13H2,1-4H3/t14-/m0/s1. The zero-order valence-corrected chi connectivity index (χ0v) is 16.5. The molecule has 134 valence electrons. The van der Waals surface area contributed by atoms with Gasteiger partial charge in [-0.05, 0) is 39.3 Å². The second-order valence-corrected chi connectivity index (χ2v) is 10.3. The molecule has 0 radical (unpaired) electrons. The number of fused-ring (bicyclic) bond motifs is 1. The number of rotatable bonds is 8. The van der Waals surface area contributed by atoms with Gasteiger partial charge in [-0.1, -0.05) is 38.3 Å². The van der Waals surface area contributed by atoms with Crippen LogP contribution in [0, 0.1) is 0 Å². The summed E-state index contributed by atoms with van der Waals surface area (Å²) >= 11 is 1.24. The van der Waals surface area contributed by atoms with Gasteiger partial charge in [0.25, 0.3) is 0 Å². The minimum absolute atomic E-state index is 0.00614. The van der Waals surface area contributed by atoms with Crippen molar-refractivity contribution in [1.82, 2.24) is 4.98 Å². The van der Waals surface area contributed by atoms with Crippen molar-refractivity contribution < 1.29 is 13.2 Å². The molecule has 0 aliphatic carbocycles. The molecule has 4 nitrogen and oxygen atoms in total. The lowest BCUT2D eigenvalue weighted by molar-refractivity contribution is -0.0532. The molecule has 0 aliphatic heterocycles. The Morgan fingerprint density at radius 2 is 1.92 bits per heavy atom. The van der Waals surface area contributed by atoms with Gasteiger partial charge in [0, 0.05) is 0 Å². The first-order chi connectivity index (χ1) is 11.2. The largest absolute Gasteiger partial charge is 0.372 e. The Bertz CT molecular complexity index is 727. The molecule has 0 amide bonds. The first kappa shape index (κ1) is 19.3. The van der Waals surface area contributed by atoms with Crippen molar-refractivity contribution in [3.63, 3.8) is 0 Å². The summed E-state index contributed by atoms with van der Waals surface area (Å²) in [4.78, 5) is 4.31. The fourth-order valence-corrected chi connectivity index (χ4v) is 5.38. The number of unbranched alkanes of at least 4 members (excludes halogenated alkanes) is 2. The fraction of sp³-hybridized carbons (Fsp3) is 0.611. The van der Waals surface area contributed by atoms with Crippen molar-refractivity contribution in [3.05, 3.63) is 24.3 Å². The van der Waals surface area contributed by atoms with Gasteiger partial charge in [0.1, 0.15) is 0 Å². The lowest BCUT2D eigenvalue weighted by Gasteiger charge is -2.27. The van der Waals surface area contributed by atoms with E-state index in [1.165, 1.54) is 11.3 Å². The number of sulfone groups is 1. The van der Waals surface area contributed by atoms with Crippen LogP contribution in [0.1, 0.15) is 53.4 Å². The third kappa shape index (κ3) is 5.53. The van der Waals surface area contributed by atoms with Gasteiger partial charge in [-0.2, -0.15) is 0 Å². The van der Waals surface area contributed by atoms with Gasteiger partial charge in [0.2, 0.25) is 14.2 Å². The smallest absolute Gasteiger partial charge is 0.210 e. The number of nitrogens with zero attached hydrogens (tertiary/aromatic N) is 1. The van der Waals surface area contributed by atoms with E-state index >= 15 is 0 Å². The van der Waals surface area contributed by atoms with Crippen LogP contribution in [-0.4, -0.2) is 30.9 Å². The Kier molecular flexibility index (Phi) is 6.39. The molecule has 1 aromatic heterocycles. The second-order valence-electron chi connectivity index (χ2n) is 7.08. The fourth-order valence-electron chi connectivity index (χ4n) is 2.60. The van der Waals surface area contributed by atoms with Gasteiger partial charge in [-0.25, -0.2) is 13.4 Å². The van der Waals surface area contributed by atoms with E-state index < -0.39 is 9.84 Å². The van der Waals surface area contributed by atoms with E-state index in [0.717, 1.165) is 35.9 Å². The number of thiazole rings is 1. The Labute approximate surface area is 149 Å². The number of hydrogen-bond acceptors (Lipinski definition) is 5. The number of hydrogen-bond donors (Lipinski definition) is 0. The highest BCUT2D eigenvalue weighted by Gasteiger charge is 2.28. The molecule has 1 aromatic carbocycles. The maximum Gasteiger partial charge on any atom is 0.210 e. The predicted octanol–water partition coefficient (Wildman–Crippen LogP) is 4.83. The third-order valence-corrected chi connectivity index (χ3v) is 6.87. The molecule has 2 aromatic rings. The van der Waals surface area contributed by atoms with Crippen LogP contribution >= 0.6 is 11.3 Å². The molecule has 0 N–H and O–H groups in total. The summed E-state index contributed by atoms with van der Waals surface area (Å²) in [5, 5.41) is 0. The van der Waals surface area contributed by atoms with E-state index in [0.29, 0.717) is 0 Å². The number of para-hydroxylation sites is 1. The highest BCUT2D eigenvalue weighted by atomic mass is 32.2. The van der Waals surface area contributed by atoms with E-state index in [2.05, 4.69) is 11.9 Å². The topological polar surface area (TPSA) is 56.3 Å². The maximum absolute atomic E-state index is 12.8. The molecule has 1 atom stereocenters. The quantitative estimate of drug-likeness (QED) is 0.625. The molecule has 0 spiro atoms. The van der Waals surface area contributed by atoms with Crippen molar-refractivity contribution in [1.29, 1.82) is 0 Å². The minimum Gasteiger partial charge on any atom is -0.372 e. The highest BCUT2D eigenvalue weighted by Crippen LogP contribution is 2.27. The lowest BCUT2D eigenvalue weighted by atomic mass is 10.1. The van der Waals surface area contributed by atoms with Gasteiger partial charge in [-0.15, -0.1) is 11.3 Å².